The summed E-state index contributed by atoms with van der Waals surface area (Å²) >= 11 is -5.92. The van der Waals surface area contributed by atoms with Gasteiger partial charge in [0.2, 0.25) is 0 Å². The van der Waals surface area contributed by atoms with Gasteiger partial charge in [0.05, 0.1) is 22.7 Å². The average Bonchev–Trinajstić information content (AvgIpc) is 1.27. The fraction of sp³-hybridized carbons (Fsp3) is 0. The van der Waals surface area contributed by atoms with Crippen molar-refractivity contribution in [3.63, 3.8) is 0 Å². The van der Waals surface area contributed by atoms with Gasteiger partial charge in [-0.1, -0.05) is 0 Å². The molecule has 0 heterocycles. The summed E-state index contributed by atoms with van der Waals surface area (Å²) in [6.45, 7) is 0. The van der Waals surface area contributed by atoms with Crippen LogP contribution in [0.5, 0.6) is 0 Å². The van der Waals surface area contributed by atoms with Crippen LogP contribution in [0.4, 0.5) is 0 Å². The summed E-state index contributed by atoms with van der Waals surface area (Å²) in [7, 11) is 0. The molecule has 0 rings (SSSR count). The second kappa shape index (κ2) is 9.78. The van der Waals surface area contributed by atoms with Gasteiger partial charge in [0, 0.05) is 0 Å². The van der Waals surface area contributed by atoms with Gasteiger partial charge in [-0.25, -0.2) is 12.0 Å². The Morgan fingerprint density at radius 2 is 1.33 bits per heavy atom. The van der Waals surface area contributed by atoms with Crippen molar-refractivity contribution in [3.05, 3.63) is 0 Å². The minimum Gasteiger partial charge on any atom is -0.749 e. The molecule has 9 heteroatoms. The molecule has 0 unspecified atom stereocenters. The third-order valence-corrected chi connectivity index (χ3v) is 1.00. The zero-order valence-electron chi connectivity index (χ0n) is 4.86. The predicted octanol–water partition coefficient (Wildman–Crippen LogP) is -7.40. The predicted molar refractivity (Wildman–Crippen MR) is 18.9 cm³/mol. The molecule has 0 fully saturated rings. The minimum atomic E-state index is -2.96. The van der Waals surface area contributed by atoms with Crippen LogP contribution >= 0.6 is 0 Å². The van der Waals surface area contributed by atoms with Gasteiger partial charge >= 0.3 is 48.4 Å². The van der Waals surface area contributed by atoms with Crippen LogP contribution in [0.15, 0.2) is 0 Å². The summed E-state index contributed by atoms with van der Waals surface area (Å²) < 4.78 is 39.9. The van der Waals surface area contributed by atoms with Gasteiger partial charge in [-0.05, 0) is 0 Å². The van der Waals surface area contributed by atoms with E-state index in [0.717, 1.165) is 0 Å². The normalized spacial score (nSPS) is 14.4. The first-order chi connectivity index (χ1) is 3.13. The monoisotopic (exact) mass is 174 g/mol. The molecule has 9 heavy (non-hydrogen) atoms. The largest absolute Gasteiger partial charge is 1.00 e. The van der Waals surface area contributed by atoms with Crippen LogP contribution in [0, 0.1) is 0 Å². The maximum atomic E-state index is 9.19. The van der Waals surface area contributed by atoms with Crippen molar-refractivity contribution in [2.24, 2.45) is 0 Å². The topological polar surface area (TPSA) is 89.5 Å². The van der Waals surface area contributed by atoms with Crippen molar-refractivity contribution in [1.29, 1.82) is 0 Å². The van der Waals surface area contributed by atoms with E-state index in [0.29, 0.717) is 0 Å². The standard InChI is InChI=1S/Li.Na.H2O5S2/c;;1-6(2)5-7(3)4/h;;(H,1,2)(H,3,4)/q2*+1;/p-2. The zero-order chi connectivity index (χ0) is 5.86. The maximum Gasteiger partial charge on any atom is 1.00 e. The first-order valence-corrected chi connectivity index (χ1v) is 3.00. The van der Waals surface area contributed by atoms with Crippen molar-refractivity contribution in [1.82, 2.24) is 0 Å². The van der Waals surface area contributed by atoms with Crippen LogP contribution in [-0.4, -0.2) is 17.5 Å². The van der Waals surface area contributed by atoms with Crippen LogP contribution in [0.3, 0.4) is 0 Å². The van der Waals surface area contributed by atoms with Gasteiger partial charge < -0.3 is 9.11 Å². The molecule has 0 aliphatic heterocycles. The minimum absolute atomic E-state index is 0. The molecule has 0 saturated heterocycles. The molecule has 0 N–H and O–H groups in total. The summed E-state index contributed by atoms with van der Waals surface area (Å²) in [4.78, 5) is 0. The van der Waals surface area contributed by atoms with E-state index >= 15 is 0 Å². The quantitative estimate of drug-likeness (QED) is 0.306. The van der Waals surface area contributed by atoms with Crippen LogP contribution in [-0.2, 0) is 26.4 Å². The van der Waals surface area contributed by atoms with Gasteiger partial charge in [0.1, 0.15) is 0 Å². The van der Waals surface area contributed by atoms with Gasteiger partial charge in [-0.3, -0.25) is 0 Å². The van der Waals surface area contributed by atoms with Crippen LogP contribution in [0.1, 0.15) is 0 Å². The van der Waals surface area contributed by atoms with Crippen molar-refractivity contribution in [2.75, 3.05) is 0 Å². The van der Waals surface area contributed by atoms with E-state index in [4.69, 9.17) is 0 Å². The number of hydrogen-bond donors (Lipinski definition) is 0. The maximum absolute atomic E-state index is 9.19. The molecular weight excluding hydrogens is 174 g/mol. The molecule has 0 aromatic rings. The van der Waals surface area contributed by atoms with E-state index in [1.807, 2.05) is 0 Å². The number of hydrogen-bond acceptors (Lipinski definition) is 5. The first-order valence-electron chi connectivity index (χ1n) is 1.00. The smallest absolute Gasteiger partial charge is 0.749 e. The third kappa shape index (κ3) is 17.7. The Bertz CT molecular complexity index is 91.1. The molecule has 0 aliphatic rings. The summed E-state index contributed by atoms with van der Waals surface area (Å²) in [6.07, 6.45) is 0. The van der Waals surface area contributed by atoms with Crippen molar-refractivity contribution in [2.45, 2.75) is 0 Å². The molecule has 0 radical (unpaired) electrons. The molecule has 0 bridgehead atoms. The van der Waals surface area contributed by atoms with E-state index in [9.17, 15) is 17.5 Å². The Balaban J connectivity index is -0.000000180. The van der Waals surface area contributed by atoms with Crippen LogP contribution in [0.2, 0.25) is 0 Å². The molecule has 0 spiro atoms. The molecule has 5 nitrogen and oxygen atoms in total. The molecule has 0 atom stereocenters. The number of rotatable bonds is 2. The van der Waals surface area contributed by atoms with Crippen molar-refractivity contribution >= 4 is 22.7 Å². The third-order valence-electron chi connectivity index (χ3n) is 0.111. The van der Waals surface area contributed by atoms with Crippen molar-refractivity contribution < 1.29 is 69.6 Å². The fourth-order valence-electron chi connectivity index (χ4n) is 0.0454. The molecule has 0 aromatic heterocycles. The van der Waals surface area contributed by atoms with E-state index in [-0.39, 0.29) is 48.4 Å². The average molecular weight is 174 g/mol. The molecule has 0 amide bonds. The Kier molecular flexibility index (Phi) is 18.5. The SMILES string of the molecule is O=S([O-])OS(=O)[O-].[Li+].[Na+]. The van der Waals surface area contributed by atoms with Crippen LogP contribution in [0.25, 0.3) is 0 Å². The van der Waals surface area contributed by atoms with Crippen molar-refractivity contribution in [3.8, 4) is 0 Å². The van der Waals surface area contributed by atoms with Gasteiger partial charge in [-0.2, -0.15) is 0 Å². The first kappa shape index (κ1) is 17.0. The zero-order valence-corrected chi connectivity index (χ0v) is 8.49. The van der Waals surface area contributed by atoms with E-state index in [2.05, 4.69) is 3.63 Å². The Labute approximate surface area is 91.4 Å². The van der Waals surface area contributed by atoms with E-state index < -0.39 is 22.7 Å². The van der Waals surface area contributed by atoms with Gasteiger partial charge in [-0.15, -0.1) is 0 Å². The van der Waals surface area contributed by atoms with E-state index in [1.54, 1.807) is 0 Å². The fourth-order valence-corrected chi connectivity index (χ4v) is 0.408. The molecule has 0 aromatic carbocycles. The Morgan fingerprint density at radius 1 is 1.11 bits per heavy atom. The molecule has 0 saturated carbocycles. The second-order valence-electron chi connectivity index (χ2n) is 0.476. The Hall–Kier alpha value is 1.78. The summed E-state index contributed by atoms with van der Waals surface area (Å²) in [5, 5.41) is 0. The summed E-state index contributed by atoms with van der Waals surface area (Å²) in [5.74, 6) is 0. The summed E-state index contributed by atoms with van der Waals surface area (Å²) in [6, 6.07) is 0. The molecular formula is LiNaO5S2. The Morgan fingerprint density at radius 3 is 1.33 bits per heavy atom. The van der Waals surface area contributed by atoms with Crippen LogP contribution < -0.4 is 48.4 Å². The molecule has 44 valence electrons. The van der Waals surface area contributed by atoms with Gasteiger partial charge in [0.25, 0.3) is 0 Å². The molecule has 0 aliphatic carbocycles. The summed E-state index contributed by atoms with van der Waals surface area (Å²) in [5.41, 5.74) is 0. The second-order valence-corrected chi connectivity index (χ2v) is 1.84. The van der Waals surface area contributed by atoms with E-state index in [1.165, 1.54) is 0 Å². The van der Waals surface area contributed by atoms with Gasteiger partial charge in [0.15, 0.2) is 0 Å².